The smallest absolute Gasteiger partial charge is 0.246 e. The molecule has 1 unspecified atom stereocenters. The second kappa shape index (κ2) is 8.20. The van der Waals surface area contributed by atoms with Crippen molar-refractivity contribution in [3.63, 3.8) is 0 Å². The first-order valence-electron chi connectivity index (χ1n) is 9.41. The minimum Gasteiger partial charge on any atom is -0.496 e. The molecule has 0 N–H and O–H groups in total. The highest BCUT2D eigenvalue weighted by Gasteiger charge is 2.29. The van der Waals surface area contributed by atoms with E-state index in [0.717, 1.165) is 10.4 Å². The van der Waals surface area contributed by atoms with Crippen molar-refractivity contribution in [2.45, 2.75) is 13.0 Å². The van der Waals surface area contributed by atoms with Crippen LogP contribution in [-0.2, 0) is 4.79 Å². The predicted octanol–water partition coefficient (Wildman–Crippen LogP) is 4.38. The van der Waals surface area contributed by atoms with Gasteiger partial charge >= 0.3 is 0 Å². The van der Waals surface area contributed by atoms with Crippen LogP contribution in [0, 0.1) is 5.82 Å². The number of nitrogens with zero attached hydrogens (tertiary/aromatic N) is 4. The van der Waals surface area contributed by atoms with Crippen molar-refractivity contribution in [1.29, 1.82) is 0 Å². The molecule has 156 valence electrons. The molecule has 30 heavy (non-hydrogen) atoms. The monoisotopic (exact) mass is 446 g/mol. The van der Waals surface area contributed by atoms with Gasteiger partial charge in [-0.3, -0.25) is 4.79 Å². The number of pyridine rings is 1. The fraction of sp³-hybridized carbons (Fsp3) is 0.286. The number of hydrogen-bond acceptors (Lipinski definition) is 6. The molecular weight excluding hydrogens is 427 g/mol. The highest BCUT2D eigenvalue weighted by molar-refractivity contribution is 7.11. The SMILES string of the molecule is C=CC(=O)N1CCN(c2snc3nc(-c4c(F)cccc4OC)c(Cl)cc23)C(C)C1. The van der Waals surface area contributed by atoms with E-state index in [1.807, 2.05) is 0 Å². The summed E-state index contributed by atoms with van der Waals surface area (Å²) in [5, 5.41) is 2.06. The number of benzene rings is 1. The van der Waals surface area contributed by atoms with E-state index in [1.54, 1.807) is 23.1 Å². The Kier molecular flexibility index (Phi) is 5.62. The number of halogens is 2. The molecule has 3 heterocycles. The number of rotatable bonds is 4. The van der Waals surface area contributed by atoms with Crippen molar-refractivity contribution in [1.82, 2.24) is 14.3 Å². The maximum Gasteiger partial charge on any atom is 0.246 e. The first-order chi connectivity index (χ1) is 14.4. The summed E-state index contributed by atoms with van der Waals surface area (Å²) in [4.78, 5) is 20.5. The van der Waals surface area contributed by atoms with Crippen LogP contribution in [0.5, 0.6) is 5.75 Å². The number of carbonyl (C=O) groups excluding carboxylic acids is 1. The second-order valence-electron chi connectivity index (χ2n) is 7.03. The lowest BCUT2D eigenvalue weighted by atomic mass is 10.1. The van der Waals surface area contributed by atoms with Gasteiger partial charge in [0.2, 0.25) is 5.91 Å². The predicted molar refractivity (Wildman–Crippen MR) is 118 cm³/mol. The van der Waals surface area contributed by atoms with E-state index in [9.17, 15) is 9.18 Å². The summed E-state index contributed by atoms with van der Waals surface area (Å²) in [7, 11) is 1.48. The van der Waals surface area contributed by atoms with Gasteiger partial charge in [-0.1, -0.05) is 24.2 Å². The molecule has 1 amide bonds. The molecule has 1 fully saturated rings. The highest BCUT2D eigenvalue weighted by Crippen LogP contribution is 2.40. The minimum absolute atomic E-state index is 0.0659. The fourth-order valence-electron chi connectivity index (χ4n) is 3.72. The summed E-state index contributed by atoms with van der Waals surface area (Å²) >= 11 is 7.86. The number of anilines is 1. The van der Waals surface area contributed by atoms with Gasteiger partial charge in [0, 0.05) is 25.7 Å². The van der Waals surface area contributed by atoms with Gasteiger partial charge in [-0.15, -0.1) is 0 Å². The maximum atomic E-state index is 14.5. The molecule has 0 radical (unpaired) electrons. The molecular formula is C21H20ClFN4O2S. The quantitative estimate of drug-likeness (QED) is 0.556. The summed E-state index contributed by atoms with van der Waals surface area (Å²) < 4.78 is 24.3. The summed E-state index contributed by atoms with van der Waals surface area (Å²) in [5.41, 5.74) is 1.01. The highest BCUT2D eigenvalue weighted by atomic mass is 35.5. The van der Waals surface area contributed by atoms with Crippen molar-refractivity contribution >= 4 is 45.1 Å². The topological polar surface area (TPSA) is 58.6 Å². The summed E-state index contributed by atoms with van der Waals surface area (Å²) in [6.07, 6.45) is 1.34. The third-order valence-corrected chi connectivity index (χ3v) is 6.39. The number of hydrogen-bond donors (Lipinski definition) is 0. The molecule has 0 spiro atoms. The van der Waals surface area contributed by atoms with Crippen molar-refractivity contribution in [2.75, 3.05) is 31.6 Å². The molecule has 2 aromatic heterocycles. The Morgan fingerprint density at radius 1 is 1.43 bits per heavy atom. The standard InChI is InChI=1S/C21H20ClFN4O2S/c1-4-17(28)26-8-9-27(12(2)11-26)21-13-10-14(22)19(24-20(13)25-30-21)18-15(23)6-5-7-16(18)29-3/h4-7,10,12H,1,8-9,11H2,2-3H3. The molecule has 1 saturated heterocycles. The minimum atomic E-state index is -0.463. The van der Waals surface area contributed by atoms with E-state index in [2.05, 4.69) is 27.8 Å². The molecule has 9 heteroatoms. The summed E-state index contributed by atoms with van der Waals surface area (Å²) in [6, 6.07) is 6.45. The molecule has 1 atom stereocenters. The van der Waals surface area contributed by atoms with Crippen molar-refractivity contribution in [3.05, 3.63) is 47.8 Å². The molecule has 1 aliphatic rings. The van der Waals surface area contributed by atoms with Crippen LogP contribution < -0.4 is 9.64 Å². The first-order valence-corrected chi connectivity index (χ1v) is 10.6. The second-order valence-corrected chi connectivity index (χ2v) is 8.18. The zero-order chi connectivity index (χ0) is 21.4. The van der Waals surface area contributed by atoms with Crippen LogP contribution in [0.3, 0.4) is 0 Å². The Balaban J connectivity index is 1.72. The third kappa shape index (κ3) is 3.50. The molecule has 1 aliphatic heterocycles. The van der Waals surface area contributed by atoms with Gasteiger partial charge < -0.3 is 14.5 Å². The number of methoxy groups -OCH3 is 1. The van der Waals surface area contributed by atoms with Crippen LogP contribution in [0.4, 0.5) is 9.39 Å². The molecule has 1 aromatic carbocycles. The molecule has 0 saturated carbocycles. The van der Waals surface area contributed by atoms with E-state index < -0.39 is 5.82 Å². The molecule has 6 nitrogen and oxygen atoms in total. The Morgan fingerprint density at radius 3 is 2.93 bits per heavy atom. The number of amides is 1. The Hall–Kier alpha value is -2.71. The van der Waals surface area contributed by atoms with Crippen LogP contribution in [0.15, 0.2) is 36.9 Å². The van der Waals surface area contributed by atoms with E-state index >= 15 is 0 Å². The van der Waals surface area contributed by atoms with E-state index in [1.165, 1.54) is 30.8 Å². The number of carbonyl (C=O) groups is 1. The number of fused-ring (bicyclic) bond motifs is 1. The molecule has 0 aliphatic carbocycles. The van der Waals surface area contributed by atoms with Crippen LogP contribution in [0.25, 0.3) is 22.3 Å². The Bertz CT molecular complexity index is 1140. The Labute approximate surface area is 182 Å². The zero-order valence-electron chi connectivity index (χ0n) is 16.6. The first kappa shape index (κ1) is 20.6. The van der Waals surface area contributed by atoms with E-state index in [-0.39, 0.29) is 17.5 Å². The molecule has 3 aromatic rings. The lowest BCUT2D eigenvalue weighted by Gasteiger charge is -2.40. The van der Waals surface area contributed by atoms with Gasteiger partial charge in [0.25, 0.3) is 0 Å². The molecule has 0 bridgehead atoms. The average Bonchev–Trinajstić information content (AvgIpc) is 3.14. The fourth-order valence-corrected chi connectivity index (χ4v) is 4.90. The van der Waals surface area contributed by atoms with Gasteiger partial charge in [0.1, 0.15) is 16.6 Å². The number of ether oxygens (including phenoxy) is 1. The van der Waals surface area contributed by atoms with Crippen LogP contribution >= 0.6 is 23.1 Å². The average molecular weight is 447 g/mol. The summed E-state index contributed by atoms with van der Waals surface area (Å²) in [6.45, 7) is 7.47. The Morgan fingerprint density at radius 2 is 2.23 bits per heavy atom. The van der Waals surface area contributed by atoms with Gasteiger partial charge in [0.15, 0.2) is 5.65 Å². The van der Waals surface area contributed by atoms with Crippen LogP contribution in [0.2, 0.25) is 5.02 Å². The van der Waals surface area contributed by atoms with Crippen molar-refractivity contribution in [2.24, 2.45) is 0 Å². The van der Waals surface area contributed by atoms with Crippen molar-refractivity contribution < 1.29 is 13.9 Å². The zero-order valence-corrected chi connectivity index (χ0v) is 18.1. The largest absolute Gasteiger partial charge is 0.496 e. The number of piperazine rings is 1. The van der Waals surface area contributed by atoms with Gasteiger partial charge in [-0.05, 0) is 42.7 Å². The van der Waals surface area contributed by atoms with Gasteiger partial charge in [-0.25, -0.2) is 9.37 Å². The number of aromatic nitrogens is 2. The van der Waals surface area contributed by atoms with E-state index in [4.69, 9.17) is 16.3 Å². The van der Waals surface area contributed by atoms with Crippen LogP contribution in [-0.4, -0.2) is 53.0 Å². The normalized spacial score (nSPS) is 16.7. The third-order valence-electron chi connectivity index (χ3n) is 5.21. The lowest BCUT2D eigenvalue weighted by Crippen LogP contribution is -2.53. The van der Waals surface area contributed by atoms with Gasteiger partial charge in [0.05, 0.1) is 28.8 Å². The summed E-state index contributed by atoms with van der Waals surface area (Å²) in [5.74, 6) is -0.171. The van der Waals surface area contributed by atoms with Gasteiger partial charge in [-0.2, -0.15) is 4.37 Å². The molecule has 4 rings (SSSR count). The van der Waals surface area contributed by atoms with Crippen LogP contribution in [0.1, 0.15) is 6.92 Å². The maximum absolute atomic E-state index is 14.5. The van der Waals surface area contributed by atoms with Crippen molar-refractivity contribution in [3.8, 4) is 17.0 Å². The lowest BCUT2D eigenvalue weighted by molar-refractivity contribution is -0.126. The van der Waals surface area contributed by atoms with E-state index in [0.29, 0.717) is 41.7 Å².